The van der Waals surface area contributed by atoms with E-state index in [1.54, 1.807) is 38.1 Å². The van der Waals surface area contributed by atoms with Gasteiger partial charge >= 0.3 is 6.03 Å². The van der Waals surface area contributed by atoms with Gasteiger partial charge < -0.3 is 10.6 Å². The molecule has 110 valence electrons. The summed E-state index contributed by atoms with van der Waals surface area (Å²) in [6, 6.07) is 4.60. The van der Waals surface area contributed by atoms with Crippen molar-refractivity contribution in [2.45, 2.75) is 13.8 Å². The number of aryl methyl sites for hydroxylation is 1. The number of carbonyl (C=O) groups is 1. The molecule has 1 aromatic rings. The molecular weight excluding hydrogens is 278 g/mol. The highest BCUT2D eigenvalue weighted by atomic mass is 32.2. The summed E-state index contributed by atoms with van der Waals surface area (Å²) in [6.45, 7) is 7.21. The molecule has 0 bridgehead atoms. The Bertz CT molecular complexity index is 597. The van der Waals surface area contributed by atoms with E-state index in [0.29, 0.717) is 17.9 Å². The fourth-order valence-corrected chi connectivity index (χ4v) is 2.14. The van der Waals surface area contributed by atoms with Crippen LogP contribution in [0, 0.1) is 6.92 Å². The molecule has 1 rings (SSSR count). The van der Waals surface area contributed by atoms with Crippen LogP contribution in [-0.4, -0.2) is 26.7 Å². The maximum absolute atomic E-state index is 11.5. The van der Waals surface area contributed by atoms with E-state index >= 15 is 0 Å². The molecule has 0 aliphatic carbocycles. The third kappa shape index (κ3) is 4.93. The fraction of sp³-hybridized carbons (Fsp3) is 0.308. The van der Waals surface area contributed by atoms with Crippen molar-refractivity contribution in [1.82, 2.24) is 5.32 Å². The number of carbonyl (C=O) groups excluding carboxylic acids is 1. The first-order chi connectivity index (χ1) is 9.38. The molecule has 0 atom stereocenters. The van der Waals surface area contributed by atoms with Gasteiger partial charge in [0.1, 0.15) is 0 Å². The molecule has 3 N–H and O–H groups in total. The molecule has 0 aliphatic heterocycles. The Hall–Kier alpha value is -2.02. The zero-order valence-electron chi connectivity index (χ0n) is 11.6. The molecule has 1 aromatic carbocycles. The average Bonchev–Trinajstić information content (AvgIpc) is 2.39. The van der Waals surface area contributed by atoms with Crippen molar-refractivity contribution < 1.29 is 13.2 Å². The summed E-state index contributed by atoms with van der Waals surface area (Å²) in [5, 5.41) is 5.23. The van der Waals surface area contributed by atoms with Gasteiger partial charge in [0, 0.05) is 12.2 Å². The van der Waals surface area contributed by atoms with Crippen molar-refractivity contribution in [2.75, 3.05) is 22.3 Å². The van der Waals surface area contributed by atoms with E-state index in [1.807, 2.05) is 0 Å². The van der Waals surface area contributed by atoms with Crippen LogP contribution in [0.25, 0.3) is 0 Å². The number of urea groups is 1. The molecule has 0 saturated heterocycles. The van der Waals surface area contributed by atoms with Crippen LogP contribution in [0.15, 0.2) is 30.9 Å². The third-order valence-corrected chi connectivity index (χ3v) is 3.83. The number of benzene rings is 1. The Balaban J connectivity index is 2.78. The lowest BCUT2D eigenvalue weighted by Gasteiger charge is -2.11. The van der Waals surface area contributed by atoms with Crippen LogP contribution in [0.3, 0.4) is 0 Å². The Morgan fingerprint density at radius 1 is 1.40 bits per heavy atom. The molecule has 0 spiro atoms. The predicted octanol–water partition coefficient (Wildman–Crippen LogP) is 2.06. The molecule has 0 aliphatic rings. The summed E-state index contributed by atoms with van der Waals surface area (Å²) >= 11 is 0. The number of rotatable bonds is 6. The van der Waals surface area contributed by atoms with Crippen LogP contribution in [-0.2, 0) is 10.0 Å². The first-order valence-corrected chi connectivity index (χ1v) is 7.80. The molecule has 0 fully saturated rings. The highest BCUT2D eigenvalue weighted by molar-refractivity contribution is 7.92. The second-order valence-corrected chi connectivity index (χ2v) is 6.17. The maximum Gasteiger partial charge on any atom is 0.319 e. The molecule has 0 saturated carbocycles. The zero-order chi connectivity index (χ0) is 15.2. The van der Waals surface area contributed by atoms with Gasteiger partial charge in [-0.2, -0.15) is 0 Å². The van der Waals surface area contributed by atoms with E-state index < -0.39 is 10.0 Å². The smallest absolute Gasteiger partial charge is 0.319 e. The van der Waals surface area contributed by atoms with Crippen molar-refractivity contribution in [3.8, 4) is 0 Å². The van der Waals surface area contributed by atoms with Crippen LogP contribution < -0.4 is 15.4 Å². The molecule has 20 heavy (non-hydrogen) atoms. The minimum absolute atomic E-state index is 0.0103. The zero-order valence-corrected chi connectivity index (χ0v) is 12.4. The van der Waals surface area contributed by atoms with Gasteiger partial charge in [-0.25, -0.2) is 13.2 Å². The average molecular weight is 297 g/mol. The first-order valence-electron chi connectivity index (χ1n) is 6.15. The maximum atomic E-state index is 11.5. The minimum atomic E-state index is -3.30. The monoisotopic (exact) mass is 297 g/mol. The number of hydrogen-bond acceptors (Lipinski definition) is 3. The Morgan fingerprint density at radius 3 is 2.65 bits per heavy atom. The van der Waals surface area contributed by atoms with E-state index in [4.69, 9.17) is 0 Å². The Morgan fingerprint density at radius 2 is 2.10 bits per heavy atom. The van der Waals surface area contributed by atoms with Gasteiger partial charge in [-0.05, 0) is 37.6 Å². The summed E-state index contributed by atoms with van der Waals surface area (Å²) in [4.78, 5) is 11.5. The second kappa shape index (κ2) is 6.95. The lowest BCUT2D eigenvalue weighted by molar-refractivity contribution is 0.253. The Kier molecular flexibility index (Phi) is 5.57. The predicted molar refractivity (Wildman–Crippen MR) is 81.5 cm³/mol. The lowest BCUT2D eigenvalue weighted by Crippen LogP contribution is -2.28. The van der Waals surface area contributed by atoms with Crippen LogP contribution in [0.4, 0.5) is 16.2 Å². The quantitative estimate of drug-likeness (QED) is 0.702. The summed E-state index contributed by atoms with van der Waals surface area (Å²) in [6.07, 6.45) is 1.58. The molecule has 2 amide bonds. The number of anilines is 2. The molecule has 0 aromatic heterocycles. The van der Waals surface area contributed by atoms with E-state index in [-0.39, 0.29) is 11.8 Å². The fourth-order valence-electron chi connectivity index (χ4n) is 1.44. The number of hydrogen-bond donors (Lipinski definition) is 3. The summed E-state index contributed by atoms with van der Waals surface area (Å²) in [5.74, 6) is 0.0103. The molecule has 6 nitrogen and oxygen atoms in total. The second-order valence-electron chi connectivity index (χ2n) is 4.16. The standard InChI is InChI=1S/C13H19N3O3S/c1-4-8-14-13(17)15-11-6-7-12(10(3)9-11)16-20(18,19)5-2/h4,6-7,9,16H,1,5,8H2,2-3H3,(H2,14,15,17). The van der Waals surface area contributed by atoms with E-state index in [0.717, 1.165) is 5.56 Å². The van der Waals surface area contributed by atoms with Gasteiger partial charge in [0.25, 0.3) is 0 Å². The number of nitrogens with one attached hydrogen (secondary N) is 3. The molecular formula is C13H19N3O3S. The van der Waals surface area contributed by atoms with Gasteiger partial charge in [-0.3, -0.25) is 4.72 Å². The van der Waals surface area contributed by atoms with Gasteiger partial charge in [-0.1, -0.05) is 6.08 Å². The Labute approximate surface area is 119 Å². The number of sulfonamides is 1. The third-order valence-electron chi connectivity index (χ3n) is 2.54. The molecule has 0 heterocycles. The summed E-state index contributed by atoms with van der Waals surface area (Å²) in [7, 11) is -3.30. The highest BCUT2D eigenvalue weighted by Crippen LogP contribution is 2.20. The van der Waals surface area contributed by atoms with Gasteiger partial charge in [-0.15, -0.1) is 6.58 Å². The van der Waals surface area contributed by atoms with Crippen molar-refractivity contribution in [2.24, 2.45) is 0 Å². The highest BCUT2D eigenvalue weighted by Gasteiger charge is 2.09. The minimum Gasteiger partial charge on any atom is -0.334 e. The molecule has 0 unspecified atom stereocenters. The lowest BCUT2D eigenvalue weighted by atomic mass is 10.2. The van der Waals surface area contributed by atoms with Crippen molar-refractivity contribution >= 4 is 27.4 Å². The topological polar surface area (TPSA) is 87.3 Å². The van der Waals surface area contributed by atoms with Gasteiger partial charge in [0.2, 0.25) is 10.0 Å². The van der Waals surface area contributed by atoms with Crippen LogP contribution in [0.1, 0.15) is 12.5 Å². The van der Waals surface area contributed by atoms with E-state index in [1.165, 1.54) is 0 Å². The summed E-state index contributed by atoms with van der Waals surface area (Å²) in [5.41, 5.74) is 1.82. The van der Waals surface area contributed by atoms with Gasteiger partial charge in [0.05, 0.1) is 11.4 Å². The van der Waals surface area contributed by atoms with E-state index in [2.05, 4.69) is 21.9 Å². The SMILES string of the molecule is C=CCNC(=O)Nc1ccc(NS(=O)(=O)CC)c(C)c1. The largest absolute Gasteiger partial charge is 0.334 e. The van der Waals surface area contributed by atoms with Crippen molar-refractivity contribution in [3.63, 3.8) is 0 Å². The van der Waals surface area contributed by atoms with Crippen LogP contribution in [0.5, 0.6) is 0 Å². The summed E-state index contributed by atoms with van der Waals surface area (Å²) < 4.78 is 25.5. The van der Waals surface area contributed by atoms with Crippen LogP contribution >= 0.6 is 0 Å². The van der Waals surface area contributed by atoms with Crippen molar-refractivity contribution in [3.05, 3.63) is 36.4 Å². The van der Waals surface area contributed by atoms with Crippen molar-refractivity contribution in [1.29, 1.82) is 0 Å². The van der Waals surface area contributed by atoms with E-state index in [9.17, 15) is 13.2 Å². The first kappa shape index (κ1) is 16.0. The van der Waals surface area contributed by atoms with Crippen LogP contribution in [0.2, 0.25) is 0 Å². The number of amides is 2. The molecule has 7 heteroatoms. The molecule has 0 radical (unpaired) electrons. The van der Waals surface area contributed by atoms with Gasteiger partial charge in [0.15, 0.2) is 0 Å². The normalized spacial score (nSPS) is 10.7.